The van der Waals surface area contributed by atoms with Crippen molar-refractivity contribution < 1.29 is 9.53 Å². The van der Waals surface area contributed by atoms with Gasteiger partial charge in [-0.05, 0) is 40.8 Å². The summed E-state index contributed by atoms with van der Waals surface area (Å²) in [4.78, 5) is 11.2. The van der Waals surface area contributed by atoms with Crippen molar-refractivity contribution in [3.05, 3.63) is 27.3 Å². The Labute approximate surface area is 102 Å². The molecule has 0 unspecified atom stereocenters. The summed E-state index contributed by atoms with van der Waals surface area (Å²) in [5, 5.41) is 0. The van der Waals surface area contributed by atoms with Crippen molar-refractivity contribution in [1.29, 1.82) is 0 Å². The maximum Gasteiger partial charge on any atom is 0.338 e. The summed E-state index contributed by atoms with van der Waals surface area (Å²) in [5.74, 6) is 4.87. The molecule has 1 aromatic carbocycles. The number of nitrogens with one attached hydrogen (secondary N) is 1. The lowest BCUT2D eigenvalue weighted by molar-refractivity contribution is 0.0599. The number of rotatable bonds is 2. The monoisotopic (exact) mass is 328 g/mol. The molecule has 0 amide bonds. The van der Waals surface area contributed by atoms with E-state index in [4.69, 9.17) is 5.84 Å². The number of esters is 1. The summed E-state index contributed by atoms with van der Waals surface area (Å²) in [6.07, 6.45) is 0. The van der Waals surface area contributed by atoms with Crippen LogP contribution in [0.2, 0.25) is 0 Å². The third kappa shape index (κ3) is 3.00. The molecule has 0 bridgehead atoms. The second-order valence-electron chi connectivity index (χ2n) is 2.33. The molecule has 0 aliphatic heterocycles. The standard InChI is InChI=1S/C8H9IN2O2.ClH/c1-13-8(12)6-3-2-5(11-10)4-7(6)9;/h2-4,11H,10H2,1H3;1H. The molecule has 0 saturated carbocycles. The van der Waals surface area contributed by atoms with Crippen LogP contribution in [-0.4, -0.2) is 13.1 Å². The van der Waals surface area contributed by atoms with Crippen LogP contribution >= 0.6 is 35.0 Å². The molecule has 0 atom stereocenters. The summed E-state index contributed by atoms with van der Waals surface area (Å²) in [5.41, 5.74) is 3.80. The fourth-order valence-corrected chi connectivity index (χ4v) is 1.62. The Bertz CT molecular complexity index is 333. The third-order valence-corrected chi connectivity index (χ3v) is 2.43. The van der Waals surface area contributed by atoms with Gasteiger partial charge in [0.2, 0.25) is 0 Å². The SMILES string of the molecule is COC(=O)c1ccc(NN)cc1I.Cl. The van der Waals surface area contributed by atoms with Gasteiger partial charge in [-0.25, -0.2) is 4.79 Å². The van der Waals surface area contributed by atoms with Gasteiger partial charge in [-0.3, -0.25) is 5.84 Å². The number of methoxy groups -OCH3 is 1. The minimum absolute atomic E-state index is 0. The lowest BCUT2D eigenvalue weighted by Crippen LogP contribution is -2.09. The van der Waals surface area contributed by atoms with Crippen LogP contribution in [0.4, 0.5) is 5.69 Å². The second-order valence-corrected chi connectivity index (χ2v) is 3.49. The molecule has 14 heavy (non-hydrogen) atoms. The number of halogens is 2. The van der Waals surface area contributed by atoms with Crippen LogP contribution in [-0.2, 0) is 4.74 Å². The molecule has 3 N–H and O–H groups in total. The van der Waals surface area contributed by atoms with Gasteiger partial charge in [-0.1, -0.05) is 0 Å². The van der Waals surface area contributed by atoms with E-state index < -0.39 is 0 Å². The van der Waals surface area contributed by atoms with Crippen molar-refractivity contribution in [2.24, 2.45) is 5.84 Å². The summed E-state index contributed by atoms with van der Waals surface area (Å²) >= 11 is 2.05. The normalized spacial score (nSPS) is 8.79. The van der Waals surface area contributed by atoms with E-state index in [-0.39, 0.29) is 18.4 Å². The molecule has 0 aliphatic carbocycles. The van der Waals surface area contributed by atoms with E-state index in [9.17, 15) is 4.79 Å². The molecular weight excluding hydrogens is 318 g/mol. The Morgan fingerprint density at radius 3 is 2.64 bits per heavy atom. The Hall–Kier alpha value is -0.530. The van der Waals surface area contributed by atoms with E-state index in [1.807, 2.05) is 0 Å². The van der Waals surface area contributed by atoms with Crippen LogP contribution in [0.25, 0.3) is 0 Å². The summed E-state index contributed by atoms with van der Waals surface area (Å²) in [6, 6.07) is 5.16. The molecular formula is C8H10ClIN2O2. The second kappa shape index (κ2) is 6.05. The molecule has 0 spiro atoms. The predicted molar refractivity (Wildman–Crippen MR) is 65.6 cm³/mol. The number of benzene rings is 1. The van der Waals surface area contributed by atoms with E-state index in [1.165, 1.54) is 7.11 Å². The van der Waals surface area contributed by atoms with Gasteiger partial charge >= 0.3 is 5.97 Å². The fraction of sp³-hybridized carbons (Fsp3) is 0.125. The van der Waals surface area contributed by atoms with Gasteiger partial charge in [0, 0.05) is 9.26 Å². The van der Waals surface area contributed by atoms with E-state index >= 15 is 0 Å². The van der Waals surface area contributed by atoms with Crippen LogP contribution in [0.15, 0.2) is 18.2 Å². The smallest absolute Gasteiger partial charge is 0.338 e. The minimum Gasteiger partial charge on any atom is -0.465 e. The zero-order valence-electron chi connectivity index (χ0n) is 7.41. The Kier molecular flexibility index (Phi) is 5.82. The Morgan fingerprint density at radius 2 is 2.21 bits per heavy atom. The van der Waals surface area contributed by atoms with Crippen molar-refractivity contribution in [1.82, 2.24) is 0 Å². The fourth-order valence-electron chi connectivity index (χ4n) is 0.880. The maximum absolute atomic E-state index is 11.2. The average molecular weight is 329 g/mol. The minimum atomic E-state index is -0.340. The van der Waals surface area contributed by atoms with E-state index in [0.717, 1.165) is 9.26 Å². The summed E-state index contributed by atoms with van der Waals surface area (Å²) in [7, 11) is 1.35. The van der Waals surface area contributed by atoms with Crippen LogP contribution in [0.5, 0.6) is 0 Å². The van der Waals surface area contributed by atoms with Crippen LogP contribution in [0.3, 0.4) is 0 Å². The van der Waals surface area contributed by atoms with Gasteiger partial charge in [0.25, 0.3) is 0 Å². The Morgan fingerprint density at radius 1 is 1.57 bits per heavy atom. The first kappa shape index (κ1) is 13.5. The highest BCUT2D eigenvalue weighted by atomic mass is 127. The maximum atomic E-state index is 11.2. The number of nitrogens with two attached hydrogens (primary N) is 1. The van der Waals surface area contributed by atoms with Crippen LogP contribution in [0.1, 0.15) is 10.4 Å². The number of hydrogen-bond donors (Lipinski definition) is 2. The third-order valence-electron chi connectivity index (χ3n) is 1.54. The number of hydrogen-bond acceptors (Lipinski definition) is 4. The van der Waals surface area contributed by atoms with Crippen LogP contribution < -0.4 is 11.3 Å². The van der Waals surface area contributed by atoms with Gasteiger partial charge < -0.3 is 10.2 Å². The number of carbonyl (C=O) groups excluding carboxylic acids is 1. The number of anilines is 1. The number of ether oxygens (including phenoxy) is 1. The average Bonchev–Trinajstić information content (AvgIpc) is 2.16. The van der Waals surface area contributed by atoms with Crippen molar-refractivity contribution in [3.8, 4) is 0 Å². The lowest BCUT2D eigenvalue weighted by Gasteiger charge is -2.04. The molecule has 4 nitrogen and oxygen atoms in total. The first-order chi connectivity index (χ1) is 6.19. The highest BCUT2D eigenvalue weighted by molar-refractivity contribution is 14.1. The molecule has 0 aromatic heterocycles. The highest BCUT2D eigenvalue weighted by Crippen LogP contribution is 2.17. The number of carbonyl (C=O) groups is 1. The molecule has 0 radical (unpaired) electrons. The molecule has 0 aliphatic rings. The highest BCUT2D eigenvalue weighted by Gasteiger charge is 2.09. The summed E-state index contributed by atoms with van der Waals surface area (Å²) < 4.78 is 5.40. The van der Waals surface area contributed by atoms with Crippen molar-refractivity contribution in [3.63, 3.8) is 0 Å². The number of nitrogen functional groups attached to an aromatic ring is 1. The molecule has 0 fully saturated rings. The van der Waals surface area contributed by atoms with Gasteiger partial charge in [-0.2, -0.15) is 0 Å². The molecule has 1 aromatic rings. The Balaban J connectivity index is 0.00000169. The quantitative estimate of drug-likeness (QED) is 0.376. The molecule has 1 rings (SSSR count). The molecule has 0 heterocycles. The predicted octanol–water partition coefficient (Wildman–Crippen LogP) is 1.79. The number of hydrazine groups is 1. The largest absolute Gasteiger partial charge is 0.465 e. The zero-order valence-corrected chi connectivity index (χ0v) is 10.4. The van der Waals surface area contributed by atoms with Gasteiger partial charge in [0.15, 0.2) is 0 Å². The van der Waals surface area contributed by atoms with Crippen molar-refractivity contribution in [2.45, 2.75) is 0 Å². The summed E-state index contributed by atoms with van der Waals surface area (Å²) in [6.45, 7) is 0. The van der Waals surface area contributed by atoms with E-state index in [1.54, 1.807) is 18.2 Å². The molecule has 0 saturated heterocycles. The van der Waals surface area contributed by atoms with Gasteiger partial charge in [-0.15, -0.1) is 12.4 Å². The van der Waals surface area contributed by atoms with Crippen molar-refractivity contribution in [2.75, 3.05) is 12.5 Å². The van der Waals surface area contributed by atoms with Gasteiger partial charge in [0.1, 0.15) is 0 Å². The zero-order chi connectivity index (χ0) is 9.84. The molecule has 6 heteroatoms. The van der Waals surface area contributed by atoms with E-state index in [2.05, 4.69) is 32.8 Å². The topological polar surface area (TPSA) is 64.3 Å². The van der Waals surface area contributed by atoms with Crippen LogP contribution in [0, 0.1) is 3.57 Å². The molecule has 78 valence electrons. The first-order valence-electron chi connectivity index (χ1n) is 3.53. The lowest BCUT2D eigenvalue weighted by atomic mass is 10.2. The van der Waals surface area contributed by atoms with Crippen molar-refractivity contribution >= 4 is 46.7 Å². The van der Waals surface area contributed by atoms with E-state index in [0.29, 0.717) is 5.56 Å². The van der Waals surface area contributed by atoms with Gasteiger partial charge in [0.05, 0.1) is 12.7 Å². The first-order valence-corrected chi connectivity index (χ1v) is 4.61.